The molecular weight excluding hydrogens is 348 g/mol. The van der Waals surface area contributed by atoms with Crippen LogP contribution in [0.1, 0.15) is 26.3 Å². The van der Waals surface area contributed by atoms with Gasteiger partial charge < -0.3 is 10.6 Å². The second-order valence-corrected chi connectivity index (χ2v) is 6.25. The number of anilines is 2. The molecular formula is C21H17ClN2O2. The largest absolute Gasteiger partial charge is 0.322 e. The molecule has 0 atom stereocenters. The molecule has 0 aliphatic carbocycles. The first-order valence-electron chi connectivity index (χ1n) is 8.07. The Morgan fingerprint density at radius 3 is 2.15 bits per heavy atom. The third-order valence-electron chi connectivity index (χ3n) is 3.78. The molecule has 0 unspecified atom stereocenters. The highest BCUT2D eigenvalue weighted by molar-refractivity contribution is 6.33. The van der Waals surface area contributed by atoms with Gasteiger partial charge in [0.15, 0.2) is 0 Å². The summed E-state index contributed by atoms with van der Waals surface area (Å²) < 4.78 is 0. The predicted molar refractivity (Wildman–Crippen MR) is 105 cm³/mol. The van der Waals surface area contributed by atoms with Gasteiger partial charge in [-0.2, -0.15) is 0 Å². The minimum absolute atomic E-state index is 0.225. The van der Waals surface area contributed by atoms with Crippen molar-refractivity contribution in [1.82, 2.24) is 0 Å². The maximum atomic E-state index is 12.4. The molecule has 3 aromatic rings. The van der Waals surface area contributed by atoms with E-state index in [1.165, 1.54) is 0 Å². The van der Waals surface area contributed by atoms with Crippen molar-refractivity contribution >= 4 is 34.8 Å². The number of carbonyl (C=O) groups excluding carboxylic acids is 2. The first-order chi connectivity index (χ1) is 12.5. The summed E-state index contributed by atoms with van der Waals surface area (Å²) in [6.45, 7) is 1.93. The van der Waals surface area contributed by atoms with Gasteiger partial charge in [0.05, 0.1) is 10.7 Å². The van der Waals surface area contributed by atoms with Crippen LogP contribution in [0.15, 0.2) is 72.8 Å². The minimum Gasteiger partial charge on any atom is -0.322 e. The van der Waals surface area contributed by atoms with Gasteiger partial charge >= 0.3 is 0 Å². The van der Waals surface area contributed by atoms with Gasteiger partial charge in [0.25, 0.3) is 11.8 Å². The first-order valence-corrected chi connectivity index (χ1v) is 8.45. The molecule has 3 rings (SSSR count). The summed E-state index contributed by atoms with van der Waals surface area (Å²) in [5.41, 5.74) is 3.07. The third-order valence-corrected chi connectivity index (χ3v) is 4.11. The van der Waals surface area contributed by atoms with Crippen molar-refractivity contribution in [3.63, 3.8) is 0 Å². The topological polar surface area (TPSA) is 58.2 Å². The Kier molecular flexibility index (Phi) is 5.34. The Morgan fingerprint density at radius 1 is 0.769 bits per heavy atom. The van der Waals surface area contributed by atoms with E-state index in [9.17, 15) is 9.59 Å². The van der Waals surface area contributed by atoms with E-state index in [0.29, 0.717) is 27.5 Å². The molecule has 5 heteroatoms. The number of hydrogen-bond donors (Lipinski definition) is 2. The molecule has 0 aliphatic rings. The lowest BCUT2D eigenvalue weighted by Gasteiger charge is -2.09. The van der Waals surface area contributed by atoms with Crippen molar-refractivity contribution in [1.29, 1.82) is 0 Å². The number of amides is 2. The molecule has 2 amide bonds. The Morgan fingerprint density at radius 2 is 1.42 bits per heavy atom. The van der Waals surface area contributed by atoms with Gasteiger partial charge in [-0.25, -0.2) is 0 Å². The van der Waals surface area contributed by atoms with Crippen LogP contribution in [0.2, 0.25) is 5.02 Å². The summed E-state index contributed by atoms with van der Waals surface area (Å²) in [7, 11) is 0. The Labute approximate surface area is 156 Å². The number of rotatable bonds is 4. The molecule has 0 bridgehead atoms. The molecule has 130 valence electrons. The SMILES string of the molecule is Cc1cccc(C(=O)Nc2cccc(C(=O)Nc3ccccc3Cl)c2)c1. The van der Waals surface area contributed by atoms with Crippen LogP contribution in [0.5, 0.6) is 0 Å². The van der Waals surface area contributed by atoms with Crippen molar-refractivity contribution in [2.75, 3.05) is 10.6 Å². The van der Waals surface area contributed by atoms with Crippen LogP contribution in [0, 0.1) is 6.92 Å². The monoisotopic (exact) mass is 364 g/mol. The number of hydrogen-bond acceptors (Lipinski definition) is 2. The van der Waals surface area contributed by atoms with Crippen molar-refractivity contribution < 1.29 is 9.59 Å². The van der Waals surface area contributed by atoms with Gasteiger partial charge in [-0.1, -0.05) is 47.5 Å². The molecule has 0 radical (unpaired) electrons. The molecule has 4 nitrogen and oxygen atoms in total. The summed E-state index contributed by atoms with van der Waals surface area (Å²) >= 11 is 6.06. The number of halogens is 1. The Bertz CT molecular complexity index is 969. The van der Waals surface area contributed by atoms with Crippen molar-refractivity contribution in [2.45, 2.75) is 6.92 Å². The predicted octanol–water partition coefficient (Wildman–Crippen LogP) is 5.15. The lowest BCUT2D eigenvalue weighted by Crippen LogP contribution is -2.15. The van der Waals surface area contributed by atoms with Crippen molar-refractivity contribution in [2.24, 2.45) is 0 Å². The number of benzene rings is 3. The highest BCUT2D eigenvalue weighted by atomic mass is 35.5. The van der Waals surface area contributed by atoms with Gasteiger partial charge in [-0.05, 0) is 49.4 Å². The maximum absolute atomic E-state index is 12.4. The summed E-state index contributed by atoms with van der Waals surface area (Å²) in [6.07, 6.45) is 0. The fourth-order valence-corrected chi connectivity index (χ4v) is 2.67. The van der Waals surface area contributed by atoms with E-state index in [0.717, 1.165) is 5.56 Å². The van der Waals surface area contributed by atoms with E-state index in [1.54, 1.807) is 54.6 Å². The summed E-state index contributed by atoms with van der Waals surface area (Å²) in [5, 5.41) is 6.04. The zero-order chi connectivity index (χ0) is 18.5. The lowest BCUT2D eigenvalue weighted by molar-refractivity contribution is 0.101. The normalized spacial score (nSPS) is 10.2. The van der Waals surface area contributed by atoms with Crippen LogP contribution in [0.4, 0.5) is 11.4 Å². The summed E-state index contributed by atoms with van der Waals surface area (Å²) in [6, 6.07) is 21.1. The molecule has 0 fully saturated rings. The highest BCUT2D eigenvalue weighted by Crippen LogP contribution is 2.22. The van der Waals surface area contributed by atoms with E-state index in [4.69, 9.17) is 11.6 Å². The van der Waals surface area contributed by atoms with Crippen LogP contribution < -0.4 is 10.6 Å². The highest BCUT2D eigenvalue weighted by Gasteiger charge is 2.11. The third kappa shape index (κ3) is 4.29. The van der Waals surface area contributed by atoms with E-state index < -0.39 is 0 Å². The first kappa shape index (κ1) is 17.7. The lowest BCUT2D eigenvalue weighted by atomic mass is 10.1. The van der Waals surface area contributed by atoms with Crippen LogP contribution >= 0.6 is 11.6 Å². The second-order valence-electron chi connectivity index (χ2n) is 5.84. The molecule has 0 aliphatic heterocycles. The van der Waals surface area contributed by atoms with Crippen LogP contribution in [0.25, 0.3) is 0 Å². The standard InChI is InChI=1S/C21H17ClN2O2/c1-14-6-4-7-15(12-14)20(25)23-17-9-5-8-16(13-17)21(26)24-19-11-3-2-10-18(19)22/h2-13H,1H3,(H,23,25)(H,24,26). The van der Waals surface area contributed by atoms with Crippen molar-refractivity contribution in [3.8, 4) is 0 Å². The molecule has 0 saturated carbocycles. The number of para-hydroxylation sites is 1. The quantitative estimate of drug-likeness (QED) is 0.672. The molecule has 0 aromatic heterocycles. The number of carbonyl (C=O) groups is 2. The maximum Gasteiger partial charge on any atom is 0.255 e. The Balaban J connectivity index is 1.74. The second kappa shape index (κ2) is 7.85. The molecule has 0 spiro atoms. The Hall–Kier alpha value is -3.11. The molecule has 26 heavy (non-hydrogen) atoms. The van der Waals surface area contributed by atoms with Crippen LogP contribution in [0.3, 0.4) is 0 Å². The van der Waals surface area contributed by atoms with Gasteiger partial charge in [0, 0.05) is 16.8 Å². The van der Waals surface area contributed by atoms with Gasteiger partial charge in [-0.15, -0.1) is 0 Å². The number of nitrogens with one attached hydrogen (secondary N) is 2. The smallest absolute Gasteiger partial charge is 0.255 e. The summed E-state index contributed by atoms with van der Waals surface area (Å²) in [5.74, 6) is -0.526. The molecule has 0 heterocycles. The summed E-state index contributed by atoms with van der Waals surface area (Å²) in [4.78, 5) is 24.8. The van der Waals surface area contributed by atoms with Gasteiger partial charge in [-0.3, -0.25) is 9.59 Å². The van der Waals surface area contributed by atoms with Crippen molar-refractivity contribution in [3.05, 3.63) is 94.5 Å². The zero-order valence-corrected chi connectivity index (χ0v) is 14.9. The van der Waals surface area contributed by atoms with Crippen LogP contribution in [-0.4, -0.2) is 11.8 Å². The van der Waals surface area contributed by atoms with Gasteiger partial charge in [0.2, 0.25) is 0 Å². The van der Waals surface area contributed by atoms with E-state index in [1.807, 2.05) is 25.1 Å². The average molecular weight is 365 g/mol. The molecule has 0 saturated heterocycles. The fourth-order valence-electron chi connectivity index (χ4n) is 2.48. The molecule has 3 aromatic carbocycles. The average Bonchev–Trinajstić information content (AvgIpc) is 2.64. The van der Waals surface area contributed by atoms with Gasteiger partial charge in [0.1, 0.15) is 0 Å². The van der Waals surface area contributed by atoms with E-state index >= 15 is 0 Å². The number of aryl methyl sites for hydroxylation is 1. The fraction of sp³-hybridized carbons (Fsp3) is 0.0476. The van der Waals surface area contributed by atoms with E-state index in [-0.39, 0.29) is 11.8 Å². The van der Waals surface area contributed by atoms with E-state index in [2.05, 4.69) is 10.6 Å². The minimum atomic E-state index is -0.301. The zero-order valence-electron chi connectivity index (χ0n) is 14.1. The molecule has 2 N–H and O–H groups in total. The van der Waals surface area contributed by atoms with Crippen LogP contribution in [-0.2, 0) is 0 Å².